The first-order chi connectivity index (χ1) is 12.3. The third-order valence-electron chi connectivity index (χ3n) is 4.82. The van der Waals surface area contributed by atoms with Gasteiger partial charge in [0.1, 0.15) is 11.4 Å². The molecule has 0 unspecified atom stereocenters. The van der Waals surface area contributed by atoms with Gasteiger partial charge in [-0.3, -0.25) is 9.48 Å². The minimum atomic E-state index is -4.45. The molecule has 1 amide bonds. The molecule has 4 nitrogen and oxygen atoms in total. The van der Waals surface area contributed by atoms with E-state index in [0.717, 1.165) is 28.5 Å². The quantitative estimate of drug-likeness (QED) is 0.798. The van der Waals surface area contributed by atoms with E-state index >= 15 is 0 Å². The van der Waals surface area contributed by atoms with Crippen molar-refractivity contribution in [1.29, 1.82) is 0 Å². The lowest BCUT2D eigenvalue weighted by atomic mass is 9.87. The van der Waals surface area contributed by atoms with Gasteiger partial charge in [0.25, 0.3) is 5.91 Å². The van der Waals surface area contributed by atoms with E-state index in [9.17, 15) is 18.0 Å². The molecule has 1 N–H and O–H groups in total. The zero-order chi connectivity index (χ0) is 18.7. The van der Waals surface area contributed by atoms with Gasteiger partial charge < -0.3 is 5.32 Å². The van der Waals surface area contributed by atoms with E-state index in [1.165, 1.54) is 39.2 Å². The highest BCUT2D eigenvalue weighted by Gasteiger charge is 2.35. The number of aromatic nitrogens is 2. The van der Waals surface area contributed by atoms with Gasteiger partial charge in [0.15, 0.2) is 0 Å². The SMILES string of the molecule is Cn1nc(-c2ccc(C(=O)NCCC3CCCCC3)s2)cc1C(F)(F)F. The molecule has 1 fully saturated rings. The van der Waals surface area contributed by atoms with E-state index < -0.39 is 11.9 Å². The van der Waals surface area contributed by atoms with Crippen LogP contribution in [0.3, 0.4) is 0 Å². The molecule has 2 aromatic heterocycles. The van der Waals surface area contributed by atoms with Crippen molar-refractivity contribution in [3.8, 4) is 10.6 Å². The molecule has 3 rings (SSSR count). The van der Waals surface area contributed by atoms with Crippen LogP contribution >= 0.6 is 11.3 Å². The number of thiophene rings is 1. The van der Waals surface area contributed by atoms with Crippen molar-refractivity contribution in [3.63, 3.8) is 0 Å². The lowest BCUT2D eigenvalue weighted by Gasteiger charge is -2.21. The van der Waals surface area contributed by atoms with E-state index in [1.54, 1.807) is 12.1 Å². The molecule has 0 aromatic carbocycles. The molecule has 0 bridgehead atoms. The number of carbonyl (C=O) groups excluding carboxylic acids is 1. The molecular weight excluding hydrogens is 363 g/mol. The topological polar surface area (TPSA) is 46.9 Å². The molecule has 8 heteroatoms. The molecule has 0 saturated heterocycles. The predicted molar refractivity (Wildman–Crippen MR) is 95.0 cm³/mol. The van der Waals surface area contributed by atoms with Crippen molar-refractivity contribution < 1.29 is 18.0 Å². The van der Waals surface area contributed by atoms with Crippen LogP contribution in [0.15, 0.2) is 18.2 Å². The fourth-order valence-corrected chi connectivity index (χ4v) is 4.28. The van der Waals surface area contributed by atoms with Gasteiger partial charge in [0.05, 0.1) is 9.75 Å². The molecule has 1 aliphatic carbocycles. The van der Waals surface area contributed by atoms with Crippen molar-refractivity contribution in [2.45, 2.75) is 44.7 Å². The maximum atomic E-state index is 12.9. The predicted octanol–water partition coefficient (Wildman–Crippen LogP) is 4.87. The number of nitrogens with one attached hydrogen (secondary N) is 1. The lowest BCUT2D eigenvalue weighted by molar-refractivity contribution is -0.143. The van der Waals surface area contributed by atoms with Crippen LogP contribution in [0.25, 0.3) is 10.6 Å². The summed E-state index contributed by atoms with van der Waals surface area (Å²) in [6.45, 7) is 0.637. The van der Waals surface area contributed by atoms with Crippen LogP contribution in [-0.4, -0.2) is 22.2 Å². The molecule has 0 spiro atoms. The van der Waals surface area contributed by atoms with Gasteiger partial charge in [-0.05, 0) is 30.5 Å². The molecule has 1 saturated carbocycles. The number of aryl methyl sites for hydroxylation is 1. The van der Waals surface area contributed by atoms with Crippen LogP contribution in [-0.2, 0) is 13.2 Å². The summed E-state index contributed by atoms with van der Waals surface area (Å²) >= 11 is 1.16. The summed E-state index contributed by atoms with van der Waals surface area (Å²) in [4.78, 5) is 13.3. The number of hydrogen-bond acceptors (Lipinski definition) is 3. The fourth-order valence-electron chi connectivity index (χ4n) is 3.40. The highest BCUT2D eigenvalue weighted by molar-refractivity contribution is 7.17. The average molecular weight is 385 g/mol. The summed E-state index contributed by atoms with van der Waals surface area (Å²) in [6, 6.07) is 4.29. The summed E-state index contributed by atoms with van der Waals surface area (Å²) in [5, 5.41) is 6.84. The van der Waals surface area contributed by atoms with Gasteiger partial charge in [0, 0.05) is 13.6 Å². The number of halogens is 3. The van der Waals surface area contributed by atoms with Crippen LogP contribution in [0.1, 0.15) is 53.9 Å². The Morgan fingerprint density at radius 2 is 2.04 bits per heavy atom. The van der Waals surface area contributed by atoms with Crippen LogP contribution in [0.2, 0.25) is 0 Å². The largest absolute Gasteiger partial charge is 0.433 e. The van der Waals surface area contributed by atoms with Crippen molar-refractivity contribution in [2.75, 3.05) is 6.54 Å². The van der Waals surface area contributed by atoms with Gasteiger partial charge in [-0.25, -0.2) is 0 Å². The zero-order valence-electron chi connectivity index (χ0n) is 14.6. The number of amides is 1. The Morgan fingerprint density at radius 1 is 1.31 bits per heavy atom. The minimum Gasteiger partial charge on any atom is -0.351 e. The van der Waals surface area contributed by atoms with E-state index in [2.05, 4.69) is 10.4 Å². The van der Waals surface area contributed by atoms with Gasteiger partial charge in [-0.15, -0.1) is 11.3 Å². The van der Waals surface area contributed by atoms with E-state index in [-0.39, 0.29) is 11.6 Å². The first-order valence-corrected chi connectivity index (χ1v) is 9.66. The molecule has 0 radical (unpaired) electrons. The first-order valence-electron chi connectivity index (χ1n) is 8.84. The van der Waals surface area contributed by atoms with Crippen molar-refractivity contribution in [1.82, 2.24) is 15.1 Å². The molecule has 2 aromatic rings. The van der Waals surface area contributed by atoms with Crippen molar-refractivity contribution in [3.05, 3.63) is 28.8 Å². The number of alkyl halides is 3. The summed E-state index contributed by atoms with van der Waals surface area (Å²) < 4.78 is 39.5. The summed E-state index contributed by atoms with van der Waals surface area (Å²) in [7, 11) is 1.26. The smallest absolute Gasteiger partial charge is 0.351 e. The Balaban J connectivity index is 1.59. The third-order valence-corrected chi connectivity index (χ3v) is 5.92. The monoisotopic (exact) mass is 385 g/mol. The Bertz CT molecular complexity index is 760. The second kappa shape index (κ2) is 7.82. The number of rotatable bonds is 5. The standard InChI is InChI=1S/C18H22F3N3OS/c1-24-16(18(19,20)21)11-13(23-24)14-7-8-15(26-14)17(25)22-10-9-12-5-3-2-4-6-12/h7-8,11-12H,2-6,9-10H2,1H3,(H,22,25). The van der Waals surface area contributed by atoms with E-state index in [4.69, 9.17) is 0 Å². The Hall–Kier alpha value is -1.83. The van der Waals surface area contributed by atoms with Crippen molar-refractivity contribution >= 4 is 17.2 Å². The molecule has 26 heavy (non-hydrogen) atoms. The van der Waals surface area contributed by atoms with E-state index in [1.807, 2.05) is 0 Å². The molecule has 0 atom stereocenters. The average Bonchev–Trinajstić information content (AvgIpc) is 3.22. The van der Waals surface area contributed by atoms with Crippen LogP contribution < -0.4 is 5.32 Å². The maximum absolute atomic E-state index is 12.9. The second-order valence-electron chi connectivity index (χ2n) is 6.75. The van der Waals surface area contributed by atoms with Crippen LogP contribution in [0, 0.1) is 5.92 Å². The Labute approximate surface area is 154 Å². The van der Waals surface area contributed by atoms with Gasteiger partial charge >= 0.3 is 6.18 Å². The van der Waals surface area contributed by atoms with Crippen molar-refractivity contribution in [2.24, 2.45) is 13.0 Å². The zero-order valence-corrected chi connectivity index (χ0v) is 15.4. The molecule has 2 heterocycles. The fraction of sp³-hybridized carbons (Fsp3) is 0.556. The third kappa shape index (κ3) is 4.47. The van der Waals surface area contributed by atoms with Gasteiger partial charge in [-0.1, -0.05) is 32.1 Å². The highest BCUT2D eigenvalue weighted by Crippen LogP contribution is 2.34. The van der Waals surface area contributed by atoms with Crippen LogP contribution in [0.4, 0.5) is 13.2 Å². The summed E-state index contributed by atoms with van der Waals surface area (Å²) in [5.74, 6) is 0.515. The minimum absolute atomic E-state index is 0.177. The first kappa shape index (κ1) is 18.9. The Kier molecular flexibility index (Phi) is 5.70. The Morgan fingerprint density at radius 3 is 2.69 bits per heavy atom. The number of nitrogens with zero attached hydrogens (tertiary/aromatic N) is 2. The summed E-state index contributed by atoms with van der Waals surface area (Å²) in [6.07, 6.45) is 2.87. The number of hydrogen-bond donors (Lipinski definition) is 1. The van der Waals surface area contributed by atoms with E-state index in [0.29, 0.717) is 22.2 Å². The molecular formula is C18H22F3N3OS. The normalized spacial score (nSPS) is 16.0. The number of carbonyl (C=O) groups is 1. The maximum Gasteiger partial charge on any atom is 0.433 e. The lowest BCUT2D eigenvalue weighted by Crippen LogP contribution is -2.25. The highest BCUT2D eigenvalue weighted by atomic mass is 32.1. The van der Waals surface area contributed by atoms with Gasteiger partial charge in [-0.2, -0.15) is 18.3 Å². The summed E-state index contributed by atoms with van der Waals surface area (Å²) in [5.41, 5.74) is -0.578. The second-order valence-corrected chi connectivity index (χ2v) is 7.83. The molecule has 0 aliphatic heterocycles. The van der Waals surface area contributed by atoms with Crippen LogP contribution in [0.5, 0.6) is 0 Å². The molecule has 142 valence electrons. The van der Waals surface area contributed by atoms with Gasteiger partial charge in [0.2, 0.25) is 0 Å². The molecule has 1 aliphatic rings.